The molecule has 0 saturated heterocycles. The van der Waals surface area contributed by atoms with E-state index in [1.54, 1.807) is 0 Å². The Morgan fingerprint density at radius 2 is 1.00 bits per heavy atom. The monoisotopic (exact) mass is 722 g/mol. The summed E-state index contributed by atoms with van der Waals surface area (Å²) in [7, 11) is 0. The highest BCUT2D eigenvalue weighted by atomic mass is 16.7. The molecule has 0 aliphatic heterocycles. The smallest absolute Gasteiger partial charge is 0.305 e. The normalized spacial score (nSPS) is 12.0. The third kappa shape index (κ3) is 39.8. The molecule has 0 radical (unpaired) electrons. The van der Waals surface area contributed by atoms with Gasteiger partial charge in [0.25, 0.3) is 0 Å². The lowest BCUT2D eigenvalue weighted by molar-refractivity contribution is -0.148. The molecule has 0 rings (SSSR count). The Labute approximate surface area is 317 Å². The summed E-state index contributed by atoms with van der Waals surface area (Å²) in [5.41, 5.74) is 0. The molecule has 0 amide bonds. The first-order valence-corrected chi connectivity index (χ1v) is 22.2. The second-order valence-corrected chi connectivity index (χ2v) is 14.6. The number of aliphatic hydroxyl groups is 1. The van der Waals surface area contributed by atoms with E-state index in [-0.39, 0.29) is 18.9 Å². The molecule has 1 N–H and O–H groups in total. The van der Waals surface area contributed by atoms with Crippen molar-refractivity contribution in [1.82, 2.24) is 4.90 Å². The van der Waals surface area contributed by atoms with Crippen LogP contribution in [0, 0.1) is 0 Å². The molecule has 51 heavy (non-hydrogen) atoms. The maximum Gasteiger partial charge on any atom is 0.305 e. The summed E-state index contributed by atoms with van der Waals surface area (Å²) in [5, 5.41) is 9.28. The molecule has 302 valence electrons. The maximum absolute atomic E-state index is 12.0. The molecule has 0 fully saturated rings. The third-order valence-electron chi connectivity index (χ3n) is 9.61. The number of hydrogen-bond donors (Lipinski definition) is 1. The molecule has 0 aliphatic rings. The molecule has 6 nitrogen and oxygen atoms in total. The summed E-state index contributed by atoms with van der Waals surface area (Å²) in [6.45, 7) is 12.5. The molecular weight excluding hydrogens is 634 g/mol. The van der Waals surface area contributed by atoms with Gasteiger partial charge in [-0.2, -0.15) is 0 Å². The van der Waals surface area contributed by atoms with Crippen molar-refractivity contribution >= 4 is 5.97 Å². The lowest BCUT2D eigenvalue weighted by atomic mass is 10.1. The zero-order valence-electron chi connectivity index (χ0n) is 34.4. The molecule has 0 spiro atoms. The number of allylic oxidation sites excluding steroid dienone is 4. The molecule has 0 atom stereocenters. The predicted molar refractivity (Wildman–Crippen MR) is 219 cm³/mol. The van der Waals surface area contributed by atoms with Crippen molar-refractivity contribution in [2.45, 2.75) is 213 Å². The first-order chi connectivity index (χ1) is 25.2. The average Bonchev–Trinajstić information content (AvgIpc) is 3.13. The Bertz CT molecular complexity index is 718. The van der Waals surface area contributed by atoms with E-state index in [9.17, 15) is 9.90 Å². The van der Waals surface area contributed by atoms with Crippen LogP contribution in [-0.2, 0) is 19.0 Å². The minimum absolute atomic E-state index is 0.0133. The van der Waals surface area contributed by atoms with Crippen LogP contribution in [0.4, 0.5) is 0 Å². The van der Waals surface area contributed by atoms with Crippen LogP contribution >= 0.6 is 0 Å². The summed E-state index contributed by atoms with van der Waals surface area (Å²) >= 11 is 0. The third-order valence-corrected chi connectivity index (χ3v) is 9.61. The molecule has 6 heteroatoms. The number of hydrogen-bond acceptors (Lipinski definition) is 6. The highest BCUT2D eigenvalue weighted by Crippen LogP contribution is 2.15. The number of unbranched alkanes of at least 4 members (excludes halogenated alkanes) is 19. The highest BCUT2D eigenvalue weighted by Gasteiger charge is 2.10. The number of carbonyl (C=O) groups excluding carboxylic acids is 1. The quantitative estimate of drug-likeness (QED) is 0.0293. The molecule has 0 bridgehead atoms. The van der Waals surface area contributed by atoms with Gasteiger partial charge < -0.3 is 24.2 Å². The summed E-state index contributed by atoms with van der Waals surface area (Å²) in [6.07, 6.45) is 42.2. The van der Waals surface area contributed by atoms with Crippen LogP contribution in [0.2, 0.25) is 0 Å². The zero-order valence-corrected chi connectivity index (χ0v) is 34.4. The molecular formula is C45H87NO5. The standard InChI is InChI=1S/C45H87NO5/c1-4-7-10-13-16-25-32-41-49-44(48)35-26-19-17-21-28-37-46(39-30-31-40-47)38-29-22-18-20-27-36-45(50-42-33-23-14-11-8-5-2)51-43-34-24-15-12-9-6-3/h8-9,11-12,45,47H,4-7,10,13-43H2,1-3H3/b11-8-,12-9-. The Morgan fingerprint density at radius 1 is 0.529 bits per heavy atom. The average molecular weight is 722 g/mol. The number of rotatable bonds is 42. The van der Waals surface area contributed by atoms with Crippen LogP contribution in [0.3, 0.4) is 0 Å². The van der Waals surface area contributed by atoms with Crippen LogP contribution in [0.5, 0.6) is 0 Å². The first-order valence-electron chi connectivity index (χ1n) is 22.2. The minimum atomic E-state index is -0.0575. The van der Waals surface area contributed by atoms with E-state index in [2.05, 4.69) is 50.0 Å². The topological polar surface area (TPSA) is 68.2 Å². The summed E-state index contributed by atoms with van der Waals surface area (Å²) < 4.78 is 17.9. The SMILES string of the molecule is CC/C=C\CCCCOC(CCCCCCCN(CCCCO)CCCCCCCC(=O)OCCCCCCCCC)OCCCC/C=C\CC. The zero-order chi connectivity index (χ0) is 37.1. The largest absolute Gasteiger partial charge is 0.466 e. The summed E-state index contributed by atoms with van der Waals surface area (Å²) in [5.74, 6) is -0.0133. The Morgan fingerprint density at radius 3 is 1.55 bits per heavy atom. The second-order valence-electron chi connectivity index (χ2n) is 14.6. The van der Waals surface area contributed by atoms with Crippen molar-refractivity contribution in [2.24, 2.45) is 0 Å². The van der Waals surface area contributed by atoms with Gasteiger partial charge in [-0.05, 0) is 122 Å². The first kappa shape index (κ1) is 49.8. The van der Waals surface area contributed by atoms with Crippen LogP contribution in [0.15, 0.2) is 24.3 Å². The summed E-state index contributed by atoms with van der Waals surface area (Å²) in [6, 6.07) is 0. The van der Waals surface area contributed by atoms with Gasteiger partial charge in [-0.1, -0.05) is 122 Å². The van der Waals surface area contributed by atoms with Gasteiger partial charge in [0.1, 0.15) is 0 Å². The van der Waals surface area contributed by atoms with E-state index in [1.807, 2.05) is 0 Å². The molecule has 0 aromatic carbocycles. The number of ether oxygens (including phenoxy) is 3. The van der Waals surface area contributed by atoms with E-state index in [0.717, 1.165) is 110 Å². The predicted octanol–water partition coefficient (Wildman–Crippen LogP) is 12.7. The molecule has 0 unspecified atom stereocenters. The molecule has 0 aromatic heterocycles. The second kappa shape index (κ2) is 43.2. The Balaban J connectivity index is 4.12. The fourth-order valence-corrected chi connectivity index (χ4v) is 6.35. The van der Waals surface area contributed by atoms with Crippen molar-refractivity contribution < 1.29 is 24.1 Å². The lowest BCUT2D eigenvalue weighted by Gasteiger charge is -2.22. The van der Waals surface area contributed by atoms with E-state index in [1.165, 1.54) is 103 Å². The minimum Gasteiger partial charge on any atom is -0.466 e. The van der Waals surface area contributed by atoms with Gasteiger partial charge in [0.2, 0.25) is 0 Å². The number of esters is 1. The van der Waals surface area contributed by atoms with Crippen LogP contribution < -0.4 is 0 Å². The fraction of sp³-hybridized carbons (Fsp3) is 0.889. The van der Waals surface area contributed by atoms with Gasteiger partial charge in [-0.15, -0.1) is 0 Å². The summed E-state index contributed by atoms with van der Waals surface area (Å²) in [4.78, 5) is 14.7. The van der Waals surface area contributed by atoms with Crippen LogP contribution in [-0.4, -0.2) is 68.3 Å². The molecule has 0 aromatic rings. The van der Waals surface area contributed by atoms with E-state index < -0.39 is 0 Å². The van der Waals surface area contributed by atoms with Gasteiger partial charge in [0.05, 0.1) is 6.61 Å². The number of aliphatic hydroxyl groups excluding tert-OH is 1. The number of nitrogens with zero attached hydrogens (tertiary/aromatic N) is 1. The van der Waals surface area contributed by atoms with Crippen molar-refractivity contribution in [1.29, 1.82) is 0 Å². The van der Waals surface area contributed by atoms with Gasteiger partial charge in [-0.25, -0.2) is 0 Å². The molecule has 0 aliphatic carbocycles. The van der Waals surface area contributed by atoms with Crippen LogP contribution in [0.1, 0.15) is 207 Å². The van der Waals surface area contributed by atoms with Gasteiger partial charge in [-0.3, -0.25) is 4.79 Å². The van der Waals surface area contributed by atoms with E-state index in [0.29, 0.717) is 13.0 Å². The lowest BCUT2D eigenvalue weighted by Crippen LogP contribution is -2.27. The van der Waals surface area contributed by atoms with Crippen molar-refractivity contribution in [3.05, 3.63) is 24.3 Å². The Kier molecular flexibility index (Phi) is 42.2. The molecule has 0 saturated carbocycles. The van der Waals surface area contributed by atoms with E-state index >= 15 is 0 Å². The van der Waals surface area contributed by atoms with Gasteiger partial charge in [0.15, 0.2) is 6.29 Å². The van der Waals surface area contributed by atoms with Crippen LogP contribution in [0.25, 0.3) is 0 Å². The van der Waals surface area contributed by atoms with Crippen molar-refractivity contribution in [3.8, 4) is 0 Å². The number of carbonyl (C=O) groups is 1. The molecule has 0 heterocycles. The van der Waals surface area contributed by atoms with E-state index in [4.69, 9.17) is 14.2 Å². The van der Waals surface area contributed by atoms with Crippen molar-refractivity contribution in [2.75, 3.05) is 46.1 Å². The van der Waals surface area contributed by atoms with Gasteiger partial charge >= 0.3 is 5.97 Å². The maximum atomic E-state index is 12.0. The van der Waals surface area contributed by atoms with Crippen molar-refractivity contribution in [3.63, 3.8) is 0 Å². The highest BCUT2D eigenvalue weighted by molar-refractivity contribution is 5.69. The fourth-order valence-electron chi connectivity index (χ4n) is 6.35. The Hall–Kier alpha value is -1.21. The van der Waals surface area contributed by atoms with Gasteiger partial charge in [0, 0.05) is 26.2 Å².